The second-order valence-corrected chi connectivity index (χ2v) is 13.9. The third-order valence-corrected chi connectivity index (χ3v) is 10.1. The van der Waals surface area contributed by atoms with Crippen molar-refractivity contribution in [2.45, 2.75) is 89.6 Å². The molecule has 2 fully saturated rings. The molecule has 9 nitrogen and oxygen atoms in total. The minimum atomic E-state index is -0.876. The maximum Gasteiger partial charge on any atom is 0.220 e. The van der Waals surface area contributed by atoms with E-state index in [2.05, 4.69) is 22.5 Å². The summed E-state index contributed by atoms with van der Waals surface area (Å²) in [7, 11) is 0. The van der Waals surface area contributed by atoms with Gasteiger partial charge in [0.2, 0.25) is 11.8 Å². The fraction of sp³-hybridized carbons (Fsp3) is 0.487. The van der Waals surface area contributed by atoms with Crippen molar-refractivity contribution >= 4 is 23.4 Å². The predicted octanol–water partition coefficient (Wildman–Crippen LogP) is 5.92. The van der Waals surface area contributed by atoms with Crippen LogP contribution in [0.4, 0.5) is 0 Å². The number of rotatable bonds is 14. The molecule has 264 valence electrons. The largest absolute Gasteiger partial charge is 0.392 e. The van der Waals surface area contributed by atoms with E-state index in [4.69, 9.17) is 21.1 Å². The van der Waals surface area contributed by atoms with Crippen LogP contribution in [0, 0.1) is 5.92 Å². The van der Waals surface area contributed by atoms with Crippen molar-refractivity contribution in [1.29, 1.82) is 0 Å². The summed E-state index contributed by atoms with van der Waals surface area (Å²) in [5.74, 6) is 0.0307. The normalized spacial score (nSPS) is 22.4. The van der Waals surface area contributed by atoms with E-state index in [1.807, 2.05) is 72.8 Å². The van der Waals surface area contributed by atoms with Gasteiger partial charge in [-0.05, 0) is 60.1 Å². The van der Waals surface area contributed by atoms with Gasteiger partial charge in [-0.2, -0.15) is 0 Å². The molecule has 0 radical (unpaired) electrons. The molecule has 3 aromatic rings. The van der Waals surface area contributed by atoms with Crippen molar-refractivity contribution < 1.29 is 29.3 Å². The zero-order chi connectivity index (χ0) is 34.8. The number of unbranched alkanes of at least 4 members (excludes halogenated alkanes) is 2. The molecule has 2 amide bonds. The summed E-state index contributed by atoms with van der Waals surface area (Å²) in [6.45, 7) is 6.92. The van der Waals surface area contributed by atoms with Gasteiger partial charge in [-0.15, -0.1) is 0 Å². The lowest BCUT2D eigenvalue weighted by molar-refractivity contribution is -0.277. The SMILES string of the molecule is CC(=O)NCCCCCC(=O)NCc1ccc(C2OC(CN3CCC(O)(c4ccc(Cl)cc4)CC3)C(C)C(c3ccc(CO)cc3)O2)cc1. The van der Waals surface area contributed by atoms with Gasteiger partial charge in [0.1, 0.15) is 0 Å². The van der Waals surface area contributed by atoms with E-state index in [0.29, 0.717) is 43.9 Å². The zero-order valence-electron chi connectivity index (χ0n) is 28.6. The van der Waals surface area contributed by atoms with Crippen LogP contribution < -0.4 is 10.6 Å². The van der Waals surface area contributed by atoms with E-state index in [9.17, 15) is 19.8 Å². The summed E-state index contributed by atoms with van der Waals surface area (Å²) >= 11 is 6.09. The Morgan fingerprint density at radius 3 is 2.18 bits per heavy atom. The Bertz CT molecular complexity index is 1490. The lowest BCUT2D eigenvalue weighted by Gasteiger charge is -2.45. The summed E-state index contributed by atoms with van der Waals surface area (Å²) < 4.78 is 13.3. The van der Waals surface area contributed by atoms with Crippen molar-refractivity contribution in [3.05, 3.63) is 106 Å². The highest BCUT2D eigenvalue weighted by Gasteiger charge is 2.41. The van der Waals surface area contributed by atoms with Gasteiger partial charge in [0.05, 0.1) is 24.4 Å². The standard InChI is InChI=1S/C39H50ClN3O6/c1-27-35(25-43-22-19-39(47,20-23-43)33-15-17-34(40)18-16-33)48-38(49-37(27)31-11-9-30(26-44)10-12-31)32-13-7-29(8-14-32)24-42-36(46)6-4-3-5-21-41-28(2)45/h7-18,27,35,37-38,44,47H,3-6,19-26H2,1-2H3,(H,41,45)(H,42,46). The van der Waals surface area contributed by atoms with Crippen LogP contribution in [0.15, 0.2) is 72.8 Å². The van der Waals surface area contributed by atoms with Crippen molar-refractivity contribution in [2.75, 3.05) is 26.2 Å². The second-order valence-electron chi connectivity index (χ2n) is 13.5. The number of aliphatic hydroxyl groups excluding tert-OH is 1. The van der Waals surface area contributed by atoms with Crippen LogP contribution in [0.5, 0.6) is 0 Å². The second kappa shape index (κ2) is 17.6. The molecule has 49 heavy (non-hydrogen) atoms. The fourth-order valence-electron chi connectivity index (χ4n) is 6.67. The Morgan fingerprint density at radius 2 is 1.53 bits per heavy atom. The van der Waals surface area contributed by atoms with E-state index in [1.165, 1.54) is 6.92 Å². The van der Waals surface area contributed by atoms with Crippen molar-refractivity contribution in [1.82, 2.24) is 15.5 Å². The molecule has 0 aromatic heterocycles. The number of piperidine rings is 1. The molecule has 0 saturated carbocycles. The monoisotopic (exact) mass is 691 g/mol. The maximum absolute atomic E-state index is 12.4. The first-order valence-corrected chi connectivity index (χ1v) is 17.8. The first-order chi connectivity index (χ1) is 23.6. The van der Waals surface area contributed by atoms with Gasteiger partial charge in [0, 0.05) is 62.6 Å². The number of halogens is 1. The smallest absolute Gasteiger partial charge is 0.220 e. The topological polar surface area (TPSA) is 120 Å². The summed E-state index contributed by atoms with van der Waals surface area (Å²) in [6.07, 6.45) is 3.31. The van der Waals surface area contributed by atoms with Gasteiger partial charge >= 0.3 is 0 Å². The highest BCUT2D eigenvalue weighted by molar-refractivity contribution is 6.30. The quantitative estimate of drug-likeness (QED) is 0.155. The van der Waals surface area contributed by atoms with E-state index in [-0.39, 0.29) is 36.5 Å². The molecule has 2 heterocycles. The van der Waals surface area contributed by atoms with Crippen molar-refractivity contribution in [3.8, 4) is 0 Å². The minimum Gasteiger partial charge on any atom is -0.392 e. The first kappa shape index (κ1) is 37.0. The van der Waals surface area contributed by atoms with E-state index < -0.39 is 11.9 Å². The Hall–Kier alpha value is -3.31. The van der Waals surface area contributed by atoms with Crippen molar-refractivity contribution in [2.24, 2.45) is 5.92 Å². The molecule has 0 bridgehead atoms. The number of hydrogen-bond acceptors (Lipinski definition) is 7. The summed E-state index contributed by atoms with van der Waals surface area (Å²) in [5.41, 5.74) is 3.80. The Kier molecular flexibility index (Phi) is 13.2. The summed E-state index contributed by atoms with van der Waals surface area (Å²) in [4.78, 5) is 25.7. The van der Waals surface area contributed by atoms with Crippen LogP contribution in [-0.4, -0.2) is 59.2 Å². The van der Waals surface area contributed by atoms with Crippen LogP contribution in [0.1, 0.15) is 92.6 Å². The fourth-order valence-corrected chi connectivity index (χ4v) is 6.80. The highest BCUT2D eigenvalue weighted by Crippen LogP contribution is 2.42. The van der Waals surface area contributed by atoms with E-state index in [0.717, 1.165) is 60.2 Å². The molecule has 2 saturated heterocycles. The molecule has 4 unspecified atom stereocenters. The number of nitrogens with zero attached hydrogens (tertiary/aromatic N) is 1. The molecule has 4 N–H and O–H groups in total. The Balaban J connectivity index is 1.20. The van der Waals surface area contributed by atoms with Gasteiger partial charge in [0.15, 0.2) is 6.29 Å². The average molecular weight is 692 g/mol. The molecule has 3 aromatic carbocycles. The number of nitrogens with one attached hydrogen (secondary N) is 2. The molecular weight excluding hydrogens is 642 g/mol. The van der Waals surface area contributed by atoms with Gasteiger partial charge in [-0.25, -0.2) is 0 Å². The number of likely N-dealkylation sites (tertiary alicyclic amines) is 1. The molecule has 0 aliphatic carbocycles. The lowest BCUT2D eigenvalue weighted by Crippen LogP contribution is -2.49. The third-order valence-electron chi connectivity index (χ3n) is 9.82. The van der Waals surface area contributed by atoms with Crippen LogP contribution in [0.2, 0.25) is 5.02 Å². The zero-order valence-corrected chi connectivity index (χ0v) is 29.3. The molecule has 2 aliphatic heterocycles. The van der Waals surface area contributed by atoms with Gasteiger partial charge in [-0.1, -0.05) is 85.6 Å². The molecule has 4 atom stereocenters. The predicted molar refractivity (Wildman–Crippen MR) is 189 cm³/mol. The van der Waals surface area contributed by atoms with Gasteiger partial charge in [0.25, 0.3) is 0 Å². The minimum absolute atomic E-state index is 0.0127. The molecular formula is C39H50ClN3O6. The average Bonchev–Trinajstić information content (AvgIpc) is 3.11. The number of carbonyl (C=O) groups excluding carboxylic acids is 2. The van der Waals surface area contributed by atoms with Gasteiger partial charge in [-0.3, -0.25) is 9.59 Å². The number of ether oxygens (including phenoxy) is 2. The number of aliphatic hydroxyl groups is 2. The van der Waals surface area contributed by atoms with Crippen LogP contribution in [0.25, 0.3) is 0 Å². The Labute approximate surface area is 294 Å². The number of hydrogen-bond donors (Lipinski definition) is 4. The number of benzene rings is 3. The Morgan fingerprint density at radius 1 is 0.878 bits per heavy atom. The van der Waals surface area contributed by atoms with Crippen LogP contribution in [-0.2, 0) is 37.8 Å². The number of amides is 2. The summed E-state index contributed by atoms with van der Waals surface area (Å²) in [6, 6.07) is 23.4. The van der Waals surface area contributed by atoms with Crippen LogP contribution >= 0.6 is 11.6 Å². The first-order valence-electron chi connectivity index (χ1n) is 17.4. The highest BCUT2D eigenvalue weighted by atomic mass is 35.5. The maximum atomic E-state index is 12.4. The van der Waals surface area contributed by atoms with Crippen molar-refractivity contribution in [3.63, 3.8) is 0 Å². The van der Waals surface area contributed by atoms with Gasteiger partial charge < -0.3 is 35.2 Å². The molecule has 2 aliphatic rings. The van der Waals surface area contributed by atoms with Crippen LogP contribution in [0.3, 0.4) is 0 Å². The summed E-state index contributed by atoms with van der Waals surface area (Å²) in [5, 5.41) is 27.5. The lowest BCUT2D eigenvalue weighted by atomic mass is 9.84. The molecule has 10 heteroatoms. The molecule has 5 rings (SSSR count). The van der Waals surface area contributed by atoms with E-state index >= 15 is 0 Å². The third kappa shape index (κ3) is 10.4. The number of carbonyl (C=O) groups is 2. The van der Waals surface area contributed by atoms with E-state index in [1.54, 1.807) is 0 Å². The molecule has 0 spiro atoms.